The third-order valence-corrected chi connectivity index (χ3v) is 5.96. The molecule has 2 fully saturated rings. The molecule has 1 aromatic rings. The summed E-state index contributed by atoms with van der Waals surface area (Å²) in [7, 11) is 1.54. The van der Waals surface area contributed by atoms with Crippen LogP contribution in [0.1, 0.15) is 25.8 Å². The molecule has 2 N–H and O–H groups in total. The highest BCUT2D eigenvalue weighted by Crippen LogP contribution is 2.53. The van der Waals surface area contributed by atoms with Gasteiger partial charge in [0.25, 0.3) is 0 Å². The second-order valence-corrected chi connectivity index (χ2v) is 8.01. The van der Waals surface area contributed by atoms with Crippen molar-refractivity contribution >= 4 is 23.4 Å². The monoisotopic (exact) mass is 371 g/mol. The van der Waals surface area contributed by atoms with Gasteiger partial charge in [0.15, 0.2) is 0 Å². The van der Waals surface area contributed by atoms with Crippen molar-refractivity contribution in [2.24, 2.45) is 17.8 Å². The molecule has 2 saturated heterocycles. The van der Waals surface area contributed by atoms with Gasteiger partial charge >= 0.3 is 0 Å². The summed E-state index contributed by atoms with van der Waals surface area (Å²) in [6.07, 6.45) is 0.718. The van der Waals surface area contributed by atoms with E-state index in [1.165, 1.54) is 12.0 Å². The van der Waals surface area contributed by atoms with Gasteiger partial charge < -0.3 is 10.1 Å². The molecular weight excluding hydrogens is 346 g/mol. The number of hydrogen-bond acceptors (Lipinski definition) is 5. The van der Waals surface area contributed by atoms with Crippen LogP contribution < -0.4 is 10.6 Å². The number of rotatable bonds is 5. The molecule has 0 radical (unpaired) electrons. The molecule has 7 heteroatoms. The predicted octanol–water partition coefficient (Wildman–Crippen LogP) is 1.10. The van der Waals surface area contributed by atoms with Crippen LogP contribution in [0.25, 0.3) is 0 Å². The van der Waals surface area contributed by atoms with Crippen LogP contribution in [-0.2, 0) is 24.7 Å². The minimum absolute atomic E-state index is 0.200. The quantitative estimate of drug-likeness (QED) is 0.757. The van der Waals surface area contributed by atoms with Crippen molar-refractivity contribution in [2.75, 3.05) is 25.6 Å². The molecule has 7 nitrogen and oxygen atoms in total. The third-order valence-electron chi connectivity index (χ3n) is 5.96. The first-order chi connectivity index (χ1) is 12.9. The maximum absolute atomic E-state index is 13.3. The first-order valence-corrected chi connectivity index (χ1v) is 9.44. The molecule has 3 heterocycles. The van der Waals surface area contributed by atoms with E-state index in [0.717, 1.165) is 12.0 Å². The Balaban J connectivity index is 1.82. The van der Waals surface area contributed by atoms with Crippen LogP contribution in [0.2, 0.25) is 0 Å². The molecule has 0 unspecified atom stereocenters. The largest absolute Gasteiger partial charge is 0.383 e. The molecule has 3 amide bonds. The van der Waals surface area contributed by atoms with E-state index < -0.39 is 17.4 Å². The van der Waals surface area contributed by atoms with Gasteiger partial charge in [-0.2, -0.15) is 0 Å². The number of anilines is 1. The standard InChI is InChI=1S/C20H25N3O4/c1-11(2)10-14-15-16(18(25)23(17(15)24)8-9-27-3)20(22-14)12-6-4-5-7-13(12)21-19(20)26/h4-7,11,14-16,22H,8-10H2,1-3H3,(H,21,26)/t14-,15+,16-,20+/m0/s1. The van der Waals surface area contributed by atoms with Gasteiger partial charge in [-0.05, 0) is 18.4 Å². The molecule has 0 saturated carbocycles. The van der Waals surface area contributed by atoms with E-state index >= 15 is 0 Å². The zero-order valence-corrected chi connectivity index (χ0v) is 15.8. The van der Waals surface area contributed by atoms with E-state index in [2.05, 4.69) is 24.5 Å². The number of carbonyl (C=O) groups excluding carboxylic acids is 3. The SMILES string of the molecule is COCCN1C(=O)[C@@H]2[C@H](CC(C)C)N[C@@]3(C(=O)Nc4ccccc43)[C@@H]2C1=O. The average Bonchev–Trinajstić information content (AvgIpc) is 3.19. The number of fused-ring (bicyclic) bond motifs is 4. The lowest BCUT2D eigenvalue weighted by Gasteiger charge is -2.29. The number of amides is 3. The second kappa shape index (κ2) is 6.42. The highest BCUT2D eigenvalue weighted by atomic mass is 16.5. The van der Waals surface area contributed by atoms with Crippen LogP contribution in [0.5, 0.6) is 0 Å². The summed E-state index contributed by atoms with van der Waals surface area (Å²) >= 11 is 0. The zero-order chi connectivity index (χ0) is 19.3. The number of ether oxygens (including phenoxy) is 1. The molecule has 3 aliphatic heterocycles. The van der Waals surface area contributed by atoms with Gasteiger partial charge in [0.1, 0.15) is 5.54 Å². The lowest BCUT2D eigenvalue weighted by molar-refractivity contribution is -0.143. The average molecular weight is 371 g/mol. The summed E-state index contributed by atoms with van der Waals surface area (Å²) in [5.41, 5.74) is 0.274. The Morgan fingerprint density at radius 1 is 1.19 bits per heavy atom. The summed E-state index contributed by atoms with van der Waals surface area (Å²) in [5, 5.41) is 6.33. The van der Waals surface area contributed by atoms with E-state index in [9.17, 15) is 14.4 Å². The van der Waals surface area contributed by atoms with Crippen molar-refractivity contribution in [2.45, 2.75) is 31.8 Å². The fourth-order valence-corrected chi connectivity index (χ4v) is 4.93. The van der Waals surface area contributed by atoms with Gasteiger partial charge in [-0.1, -0.05) is 32.0 Å². The van der Waals surface area contributed by atoms with Crippen molar-refractivity contribution in [3.63, 3.8) is 0 Å². The number of nitrogens with zero attached hydrogens (tertiary/aromatic N) is 1. The number of methoxy groups -OCH3 is 1. The Morgan fingerprint density at radius 2 is 1.93 bits per heavy atom. The Hall–Kier alpha value is -2.25. The molecule has 27 heavy (non-hydrogen) atoms. The van der Waals surface area contributed by atoms with E-state index in [0.29, 0.717) is 11.6 Å². The summed E-state index contributed by atoms with van der Waals surface area (Å²) in [4.78, 5) is 40.8. The molecule has 1 spiro atoms. The number of benzene rings is 1. The Kier molecular flexibility index (Phi) is 4.31. The Labute approximate surface area is 158 Å². The highest BCUT2D eigenvalue weighted by molar-refractivity contribution is 6.15. The van der Waals surface area contributed by atoms with Crippen molar-refractivity contribution in [3.05, 3.63) is 29.8 Å². The van der Waals surface area contributed by atoms with Crippen molar-refractivity contribution in [3.8, 4) is 0 Å². The maximum Gasteiger partial charge on any atom is 0.250 e. The van der Waals surface area contributed by atoms with Gasteiger partial charge in [-0.25, -0.2) is 0 Å². The first kappa shape index (κ1) is 18.1. The minimum atomic E-state index is -1.19. The van der Waals surface area contributed by atoms with Crippen molar-refractivity contribution < 1.29 is 19.1 Å². The highest BCUT2D eigenvalue weighted by Gasteiger charge is 2.70. The number of hydrogen-bond donors (Lipinski definition) is 2. The predicted molar refractivity (Wildman–Crippen MR) is 98.7 cm³/mol. The van der Waals surface area contributed by atoms with Crippen LogP contribution in [0, 0.1) is 17.8 Å². The Morgan fingerprint density at radius 3 is 2.63 bits per heavy atom. The zero-order valence-electron chi connectivity index (χ0n) is 15.8. The fourth-order valence-electron chi connectivity index (χ4n) is 4.93. The summed E-state index contributed by atoms with van der Waals surface area (Å²) in [6.45, 7) is 4.66. The van der Waals surface area contributed by atoms with Gasteiger partial charge in [0.2, 0.25) is 17.7 Å². The van der Waals surface area contributed by atoms with Gasteiger partial charge in [-0.3, -0.25) is 24.6 Å². The van der Waals surface area contributed by atoms with Crippen molar-refractivity contribution in [1.82, 2.24) is 10.2 Å². The van der Waals surface area contributed by atoms with Crippen LogP contribution in [0.4, 0.5) is 5.69 Å². The van der Waals surface area contributed by atoms with Crippen LogP contribution in [-0.4, -0.2) is 48.9 Å². The molecule has 0 aromatic heterocycles. The van der Waals surface area contributed by atoms with Crippen LogP contribution >= 0.6 is 0 Å². The summed E-state index contributed by atoms with van der Waals surface area (Å²) in [6, 6.07) is 7.18. The van der Waals surface area contributed by atoms with Crippen molar-refractivity contribution in [1.29, 1.82) is 0 Å². The smallest absolute Gasteiger partial charge is 0.250 e. The maximum atomic E-state index is 13.3. The Bertz CT molecular complexity index is 808. The third kappa shape index (κ3) is 2.45. The van der Waals surface area contributed by atoms with E-state index in [1.807, 2.05) is 24.3 Å². The molecule has 1 aromatic carbocycles. The minimum Gasteiger partial charge on any atom is -0.383 e. The molecule has 0 aliphatic carbocycles. The van der Waals surface area contributed by atoms with Gasteiger partial charge in [0.05, 0.1) is 25.0 Å². The van der Waals surface area contributed by atoms with E-state index in [1.54, 1.807) is 0 Å². The molecule has 0 bridgehead atoms. The molecule has 4 rings (SSSR count). The summed E-state index contributed by atoms with van der Waals surface area (Å²) in [5.74, 6) is -1.67. The van der Waals surface area contributed by atoms with Gasteiger partial charge in [0, 0.05) is 24.4 Å². The number of para-hydroxylation sites is 1. The molecule has 3 aliphatic rings. The molecule has 4 atom stereocenters. The van der Waals surface area contributed by atoms with Crippen LogP contribution in [0.15, 0.2) is 24.3 Å². The summed E-state index contributed by atoms with van der Waals surface area (Å²) < 4.78 is 5.07. The lowest BCUT2D eigenvalue weighted by atomic mass is 9.76. The number of imide groups is 1. The lowest BCUT2D eigenvalue weighted by Crippen LogP contribution is -2.53. The normalized spacial score (nSPS) is 31.8. The first-order valence-electron chi connectivity index (χ1n) is 9.44. The number of carbonyl (C=O) groups is 3. The fraction of sp³-hybridized carbons (Fsp3) is 0.550. The topological polar surface area (TPSA) is 87.7 Å². The molecule has 144 valence electrons. The van der Waals surface area contributed by atoms with E-state index in [-0.39, 0.29) is 36.9 Å². The van der Waals surface area contributed by atoms with E-state index in [4.69, 9.17) is 4.74 Å². The number of nitrogens with one attached hydrogen (secondary N) is 2. The molecular formula is C20H25N3O4. The van der Waals surface area contributed by atoms with Crippen LogP contribution in [0.3, 0.4) is 0 Å². The number of likely N-dealkylation sites (tertiary alicyclic amines) is 1. The van der Waals surface area contributed by atoms with Gasteiger partial charge in [-0.15, -0.1) is 0 Å². The second-order valence-electron chi connectivity index (χ2n) is 8.01.